The smallest absolute Gasteiger partial charge is 0.107 e. The molecule has 1 aromatic heterocycles. The molecule has 1 aromatic rings. The Morgan fingerprint density at radius 3 is 2.83 bits per heavy atom. The zero-order chi connectivity index (χ0) is 9.14. The van der Waals surface area contributed by atoms with Crippen molar-refractivity contribution in [3.8, 4) is 0 Å². The highest BCUT2D eigenvalue weighted by atomic mass is 79.9. The van der Waals surface area contributed by atoms with Crippen LogP contribution in [-0.2, 0) is 0 Å². The SMILES string of the molecule is CNc1cc(Br)cnc1C(C)=N. The average Bonchev–Trinajstić information content (AvgIpc) is 2.03. The van der Waals surface area contributed by atoms with Gasteiger partial charge in [0.05, 0.1) is 11.4 Å². The summed E-state index contributed by atoms with van der Waals surface area (Å²) < 4.78 is 0.914. The van der Waals surface area contributed by atoms with Gasteiger partial charge in [-0.3, -0.25) is 4.98 Å². The van der Waals surface area contributed by atoms with E-state index in [0.717, 1.165) is 10.2 Å². The summed E-state index contributed by atoms with van der Waals surface area (Å²) in [6, 6.07) is 1.90. The summed E-state index contributed by atoms with van der Waals surface area (Å²) in [7, 11) is 1.82. The van der Waals surface area contributed by atoms with Gasteiger partial charge in [-0.2, -0.15) is 0 Å². The number of pyridine rings is 1. The molecule has 0 aliphatic carbocycles. The Bertz CT molecular complexity index is 309. The van der Waals surface area contributed by atoms with Gasteiger partial charge in [0.15, 0.2) is 0 Å². The van der Waals surface area contributed by atoms with Crippen LogP contribution in [0, 0.1) is 5.41 Å². The Hall–Kier alpha value is -0.900. The van der Waals surface area contributed by atoms with Gasteiger partial charge in [-0.1, -0.05) is 0 Å². The third-order valence-corrected chi connectivity index (χ3v) is 1.91. The molecular formula is C8H10BrN3. The van der Waals surface area contributed by atoms with E-state index in [2.05, 4.69) is 26.2 Å². The summed E-state index contributed by atoms with van der Waals surface area (Å²) in [4.78, 5) is 4.11. The minimum absolute atomic E-state index is 0.465. The molecule has 1 heterocycles. The molecule has 0 fully saturated rings. The van der Waals surface area contributed by atoms with E-state index in [0.29, 0.717) is 11.4 Å². The monoisotopic (exact) mass is 227 g/mol. The average molecular weight is 228 g/mol. The Labute approximate surface area is 79.8 Å². The topological polar surface area (TPSA) is 48.8 Å². The minimum atomic E-state index is 0.465. The van der Waals surface area contributed by atoms with Gasteiger partial charge in [0.1, 0.15) is 5.69 Å². The number of aromatic nitrogens is 1. The number of hydrogen-bond acceptors (Lipinski definition) is 3. The van der Waals surface area contributed by atoms with Crippen LogP contribution < -0.4 is 5.32 Å². The molecule has 64 valence electrons. The lowest BCUT2D eigenvalue weighted by Crippen LogP contribution is -2.02. The molecule has 0 saturated carbocycles. The van der Waals surface area contributed by atoms with E-state index in [4.69, 9.17) is 5.41 Å². The van der Waals surface area contributed by atoms with Crippen molar-refractivity contribution >= 4 is 27.3 Å². The quantitative estimate of drug-likeness (QED) is 0.763. The first-order valence-corrected chi connectivity index (χ1v) is 4.33. The van der Waals surface area contributed by atoms with Gasteiger partial charge in [-0.25, -0.2) is 0 Å². The van der Waals surface area contributed by atoms with Crippen molar-refractivity contribution in [1.82, 2.24) is 4.98 Å². The van der Waals surface area contributed by atoms with Gasteiger partial charge in [-0.05, 0) is 28.9 Å². The van der Waals surface area contributed by atoms with Crippen LogP contribution in [0.5, 0.6) is 0 Å². The van der Waals surface area contributed by atoms with Crippen LogP contribution in [0.2, 0.25) is 0 Å². The predicted octanol–water partition coefficient (Wildman–Crippen LogP) is 2.27. The molecule has 0 radical (unpaired) electrons. The van der Waals surface area contributed by atoms with Crippen LogP contribution in [-0.4, -0.2) is 17.7 Å². The zero-order valence-electron chi connectivity index (χ0n) is 6.98. The Balaban J connectivity index is 3.20. The van der Waals surface area contributed by atoms with Crippen LogP contribution in [0.4, 0.5) is 5.69 Å². The van der Waals surface area contributed by atoms with E-state index in [1.165, 1.54) is 0 Å². The first-order valence-electron chi connectivity index (χ1n) is 3.54. The van der Waals surface area contributed by atoms with Gasteiger partial charge in [-0.15, -0.1) is 0 Å². The summed E-state index contributed by atoms with van der Waals surface area (Å²) in [6.45, 7) is 1.72. The van der Waals surface area contributed by atoms with Crippen molar-refractivity contribution in [2.24, 2.45) is 0 Å². The summed E-state index contributed by atoms with van der Waals surface area (Å²) in [5.74, 6) is 0. The molecule has 0 spiro atoms. The first-order chi connectivity index (χ1) is 5.65. The van der Waals surface area contributed by atoms with Gasteiger partial charge in [0.2, 0.25) is 0 Å². The largest absolute Gasteiger partial charge is 0.386 e. The van der Waals surface area contributed by atoms with E-state index in [1.54, 1.807) is 13.1 Å². The van der Waals surface area contributed by atoms with Gasteiger partial charge >= 0.3 is 0 Å². The Kier molecular flexibility index (Phi) is 2.81. The highest BCUT2D eigenvalue weighted by Crippen LogP contribution is 2.18. The standard InChI is InChI=1S/C8H10BrN3/c1-5(10)8-7(11-2)3-6(9)4-12-8/h3-4,10-11H,1-2H3. The number of nitrogens with one attached hydrogen (secondary N) is 2. The fourth-order valence-corrected chi connectivity index (χ4v) is 1.26. The highest BCUT2D eigenvalue weighted by molar-refractivity contribution is 9.10. The number of hydrogen-bond donors (Lipinski definition) is 2. The van der Waals surface area contributed by atoms with E-state index < -0.39 is 0 Å². The van der Waals surface area contributed by atoms with Crippen molar-refractivity contribution in [3.63, 3.8) is 0 Å². The molecule has 4 heteroatoms. The second-order valence-corrected chi connectivity index (χ2v) is 3.34. The van der Waals surface area contributed by atoms with Crippen LogP contribution >= 0.6 is 15.9 Å². The van der Waals surface area contributed by atoms with Gasteiger partial charge in [0, 0.05) is 17.7 Å². The van der Waals surface area contributed by atoms with Gasteiger partial charge in [0.25, 0.3) is 0 Å². The lowest BCUT2D eigenvalue weighted by Gasteiger charge is -2.06. The molecule has 2 N–H and O–H groups in total. The summed E-state index contributed by atoms with van der Waals surface area (Å²) in [6.07, 6.45) is 1.69. The van der Waals surface area contributed by atoms with Crippen molar-refractivity contribution < 1.29 is 0 Å². The minimum Gasteiger partial charge on any atom is -0.386 e. The highest BCUT2D eigenvalue weighted by Gasteiger charge is 2.04. The fourth-order valence-electron chi connectivity index (χ4n) is 0.929. The normalized spacial score (nSPS) is 9.58. The number of nitrogens with zero attached hydrogens (tertiary/aromatic N) is 1. The second-order valence-electron chi connectivity index (χ2n) is 2.42. The molecular weight excluding hydrogens is 218 g/mol. The van der Waals surface area contributed by atoms with Crippen molar-refractivity contribution in [2.45, 2.75) is 6.92 Å². The Morgan fingerprint density at radius 1 is 1.67 bits per heavy atom. The molecule has 0 aromatic carbocycles. The molecule has 0 aliphatic heterocycles. The Morgan fingerprint density at radius 2 is 2.33 bits per heavy atom. The third kappa shape index (κ3) is 1.82. The third-order valence-electron chi connectivity index (χ3n) is 1.48. The molecule has 0 amide bonds. The molecule has 0 saturated heterocycles. The van der Waals surface area contributed by atoms with E-state index in [9.17, 15) is 0 Å². The molecule has 0 atom stereocenters. The predicted molar refractivity (Wildman–Crippen MR) is 54.0 cm³/mol. The summed E-state index contributed by atoms with van der Waals surface area (Å²) in [5.41, 5.74) is 2.03. The first kappa shape index (κ1) is 9.19. The maximum absolute atomic E-state index is 7.43. The lowest BCUT2D eigenvalue weighted by molar-refractivity contribution is 1.24. The van der Waals surface area contributed by atoms with Crippen LogP contribution in [0.15, 0.2) is 16.7 Å². The molecule has 3 nitrogen and oxygen atoms in total. The lowest BCUT2D eigenvalue weighted by atomic mass is 10.2. The number of anilines is 1. The van der Waals surface area contributed by atoms with Crippen molar-refractivity contribution in [3.05, 3.63) is 22.4 Å². The van der Waals surface area contributed by atoms with E-state index >= 15 is 0 Å². The second kappa shape index (κ2) is 3.67. The molecule has 0 bridgehead atoms. The number of halogens is 1. The maximum atomic E-state index is 7.43. The van der Waals surface area contributed by atoms with E-state index in [-0.39, 0.29) is 0 Å². The molecule has 1 rings (SSSR count). The fraction of sp³-hybridized carbons (Fsp3) is 0.250. The van der Waals surface area contributed by atoms with Crippen LogP contribution in [0.25, 0.3) is 0 Å². The van der Waals surface area contributed by atoms with Crippen molar-refractivity contribution in [2.75, 3.05) is 12.4 Å². The van der Waals surface area contributed by atoms with E-state index in [1.807, 2.05) is 13.1 Å². The zero-order valence-corrected chi connectivity index (χ0v) is 8.57. The molecule has 12 heavy (non-hydrogen) atoms. The van der Waals surface area contributed by atoms with Crippen LogP contribution in [0.3, 0.4) is 0 Å². The van der Waals surface area contributed by atoms with Crippen LogP contribution in [0.1, 0.15) is 12.6 Å². The summed E-state index contributed by atoms with van der Waals surface area (Å²) >= 11 is 3.31. The van der Waals surface area contributed by atoms with Crippen molar-refractivity contribution in [1.29, 1.82) is 5.41 Å². The summed E-state index contributed by atoms with van der Waals surface area (Å²) in [5, 5.41) is 10.4. The van der Waals surface area contributed by atoms with Gasteiger partial charge < -0.3 is 10.7 Å². The molecule has 0 unspecified atom stereocenters. The maximum Gasteiger partial charge on any atom is 0.107 e. The molecule has 0 aliphatic rings. The number of rotatable bonds is 2.